The van der Waals surface area contributed by atoms with Crippen molar-refractivity contribution in [2.45, 2.75) is 39.0 Å². The van der Waals surface area contributed by atoms with Crippen LogP contribution in [-0.2, 0) is 4.79 Å². The summed E-state index contributed by atoms with van der Waals surface area (Å²) in [4.78, 5) is 31.6. The molecule has 0 spiro atoms. The van der Waals surface area contributed by atoms with Crippen LogP contribution >= 0.6 is 11.6 Å². The molecule has 0 unspecified atom stereocenters. The Hall–Kier alpha value is -1.83. The van der Waals surface area contributed by atoms with Crippen molar-refractivity contribution < 1.29 is 9.59 Å². The lowest BCUT2D eigenvalue weighted by molar-refractivity contribution is -0.122. The summed E-state index contributed by atoms with van der Waals surface area (Å²) in [6.07, 6.45) is 4.50. The van der Waals surface area contributed by atoms with E-state index in [4.69, 9.17) is 11.6 Å². The number of rotatable bonds is 9. The van der Waals surface area contributed by atoms with E-state index < -0.39 is 0 Å². The Morgan fingerprint density at radius 2 is 1.72 bits per heavy atom. The third-order valence-corrected chi connectivity index (χ3v) is 6.66. The highest BCUT2D eigenvalue weighted by molar-refractivity contribution is 6.30. The second-order valence-corrected chi connectivity index (χ2v) is 9.40. The molecule has 0 atom stereocenters. The Morgan fingerprint density at radius 3 is 2.38 bits per heavy atom. The molecule has 0 saturated carbocycles. The maximum Gasteiger partial charge on any atom is 0.321 e. The van der Waals surface area contributed by atoms with E-state index in [0.29, 0.717) is 36.1 Å². The van der Waals surface area contributed by atoms with Crippen LogP contribution in [0, 0.1) is 5.92 Å². The molecule has 1 aromatic rings. The molecule has 0 aromatic heterocycles. The van der Waals surface area contributed by atoms with Crippen molar-refractivity contribution in [3.05, 3.63) is 29.3 Å². The number of hydrogen-bond donors (Lipinski definition) is 2. The molecule has 2 heterocycles. The molecule has 2 saturated heterocycles. The minimum atomic E-state index is -0.106. The van der Waals surface area contributed by atoms with Crippen LogP contribution in [0.15, 0.2) is 24.3 Å². The van der Waals surface area contributed by atoms with Crippen molar-refractivity contribution in [3.63, 3.8) is 0 Å². The number of likely N-dealkylation sites (tertiary alicyclic amines) is 1. The SMILES string of the molecule is CCCN1CCN(CCCNC(=O)CC2CCN(C(=O)Nc3cccc(Cl)c3)CC2)CC1. The van der Waals surface area contributed by atoms with E-state index in [9.17, 15) is 9.59 Å². The molecule has 2 aliphatic heterocycles. The zero-order valence-corrected chi connectivity index (χ0v) is 20.1. The first-order valence-electron chi connectivity index (χ1n) is 12.1. The summed E-state index contributed by atoms with van der Waals surface area (Å²) in [7, 11) is 0. The van der Waals surface area contributed by atoms with Gasteiger partial charge in [-0.05, 0) is 62.9 Å². The molecule has 0 aliphatic carbocycles. The number of carbonyl (C=O) groups is 2. The zero-order valence-electron chi connectivity index (χ0n) is 19.3. The van der Waals surface area contributed by atoms with Gasteiger partial charge in [0.15, 0.2) is 0 Å². The van der Waals surface area contributed by atoms with E-state index >= 15 is 0 Å². The number of nitrogens with zero attached hydrogens (tertiary/aromatic N) is 3. The van der Waals surface area contributed by atoms with Crippen molar-refractivity contribution in [1.82, 2.24) is 20.0 Å². The van der Waals surface area contributed by atoms with Crippen LogP contribution in [0.25, 0.3) is 0 Å². The Balaban J connectivity index is 1.25. The molecule has 1 aromatic carbocycles. The predicted octanol–water partition coefficient (Wildman–Crippen LogP) is 3.51. The lowest BCUT2D eigenvalue weighted by Gasteiger charge is -2.34. The summed E-state index contributed by atoms with van der Waals surface area (Å²) in [5.41, 5.74) is 0.701. The fraction of sp³-hybridized carbons (Fsp3) is 0.667. The summed E-state index contributed by atoms with van der Waals surface area (Å²) in [5, 5.41) is 6.58. The first-order chi connectivity index (χ1) is 15.5. The minimum Gasteiger partial charge on any atom is -0.356 e. The first kappa shape index (κ1) is 24.8. The molecule has 2 fully saturated rings. The van der Waals surface area contributed by atoms with Crippen LogP contribution < -0.4 is 10.6 Å². The predicted molar refractivity (Wildman–Crippen MR) is 130 cm³/mol. The van der Waals surface area contributed by atoms with Gasteiger partial charge in [-0.3, -0.25) is 4.79 Å². The summed E-state index contributed by atoms with van der Waals surface area (Å²) >= 11 is 5.98. The molecule has 32 heavy (non-hydrogen) atoms. The molecule has 3 rings (SSSR count). The van der Waals surface area contributed by atoms with Crippen LogP contribution in [0.3, 0.4) is 0 Å². The van der Waals surface area contributed by atoms with Crippen LogP contribution in [0.4, 0.5) is 10.5 Å². The number of carbonyl (C=O) groups excluding carboxylic acids is 2. The first-order valence-corrected chi connectivity index (χ1v) is 12.4. The fourth-order valence-electron chi connectivity index (χ4n) is 4.53. The summed E-state index contributed by atoms with van der Waals surface area (Å²) in [6, 6.07) is 7.06. The molecule has 8 heteroatoms. The smallest absolute Gasteiger partial charge is 0.321 e. The van der Waals surface area contributed by atoms with Gasteiger partial charge >= 0.3 is 6.03 Å². The summed E-state index contributed by atoms with van der Waals surface area (Å²) in [5.74, 6) is 0.483. The Labute approximate surface area is 197 Å². The molecule has 2 N–H and O–H groups in total. The van der Waals surface area contributed by atoms with Gasteiger partial charge in [-0.2, -0.15) is 0 Å². The number of benzene rings is 1. The Bertz CT molecular complexity index is 731. The van der Waals surface area contributed by atoms with Crippen LogP contribution in [0.5, 0.6) is 0 Å². The molecular formula is C24H38ClN5O2. The van der Waals surface area contributed by atoms with Gasteiger partial charge in [0.25, 0.3) is 0 Å². The molecular weight excluding hydrogens is 426 g/mol. The summed E-state index contributed by atoms with van der Waals surface area (Å²) in [6.45, 7) is 11.2. The maximum absolute atomic E-state index is 12.4. The Kier molecular flexibility index (Phi) is 10.1. The highest BCUT2D eigenvalue weighted by Crippen LogP contribution is 2.22. The average Bonchev–Trinajstić information content (AvgIpc) is 2.78. The van der Waals surface area contributed by atoms with Crippen molar-refractivity contribution in [1.29, 1.82) is 0 Å². The molecule has 3 amide bonds. The highest BCUT2D eigenvalue weighted by Gasteiger charge is 2.24. The number of amides is 3. The third kappa shape index (κ3) is 8.26. The molecule has 0 bridgehead atoms. The van der Waals surface area contributed by atoms with E-state index in [1.165, 1.54) is 13.0 Å². The van der Waals surface area contributed by atoms with E-state index in [2.05, 4.69) is 27.4 Å². The van der Waals surface area contributed by atoms with Gasteiger partial charge < -0.3 is 25.3 Å². The van der Waals surface area contributed by atoms with Crippen molar-refractivity contribution in [2.24, 2.45) is 5.92 Å². The van der Waals surface area contributed by atoms with Crippen molar-refractivity contribution in [2.75, 3.05) is 64.2 Å². The van der Waals surface area contributed by atoms with E-state index in [1.807, 2.05) is 17.0 Å². The zero-order chi connectivity index (χ0) is 22.8. The van der Waals surface area contributed by atoms with Gasteiger partial charge in [0, 0.05) is 62.9 Å². The second kappa shape index (κ2) is 13.0. The topological polar surface area (TPSA) is 67.9 Å². The summed E-state index contributed by atoms with van der Waals surface area (Å²) < 4.78 is 0. The second-order valence-electron chi connectivity index (χ2n) is 8.96. The van der Waals surface area contributed by atoms with Gasteiger partial charge in [-0.15, -0.1) is 0 Å². The van der Waals surface area contributed by atoms with Gasteiger partial charge in [0.05, 0.1) is 0 Å². The van der Waals surface area contributed by atoms with Crippen molar-refractivity contribution >= 4 is 29.2 Å². The minimum absolute atomic E-state index is 0.106. The maximum atomic E-state index is 12.4. The average molecular weight is 464 g/mol. The monoisotopic (exact) mass is 463 g/mol. The molecule has 2 aliphatic rings. The standard InChI is InChI=1S/C24H38ClN5O2/c1-2-10-28-14-16-29(17-15-28)11-4-9-26-23(31)18-20-7-12-30(13-8-20)24(32)27-22-6-3-5-21(25)19-22/h3,5-6,19-20H,2,4,7-18H2,1H3,(H,26,31)(H,27,32). The molecule has 178 valence electrons. The molecule has 7 nitrogen and oxygen atoms in total. The lowest BCUT2D eigenvalue weighted by atomic mass is 9.93. The normalized spacial score (nSPS) is 18.5. The third-order valence-electron chi connectivity index (χ3n) is 6.43. The van der Waals surface area contributed by atoms with Crippen molar-refractivity contribution in [3.8, 4) is 0 Å². The van der Waals surface area contributed by atoms with Crippen LogP contribution in [0.2, 0.25) is 5.02 Å². The van der Waals surface area contributed by atoms with Crippen LogP contribution in [0.1, 0.15) is 39.0 Å². The van der Waals surface area contributed by atoms with E-state index in [-0.39, 0.29) is 11.9 Å². The van der Waals surface area contributed by atoms with Gasteiger partial charge in [-0.25, -0.2) is 4.79 Å². The highest BCUT2D eigenvalue weighted by atomic mass is 35.5. The lowest BCUT2D eigenvalue weighted by Crippen LogP contribution is -2.47. The fourth-order valence-corrected chi connectivity index (χ4v) is 4.72. The van der Waals surface area contributed by atoms with Gasteiger partial charge in [0.1, 0.15) is 0 Å². The number of piperazine rings is 1. The number of piperidine rings is 1. The number of urea groups is 1. The Morgan fingerprint density at radius 1 is 1.03 bits per heavy atom. The van der Waals surface area contributed by atoms with E-state index in [0.717, 1.165) is 58.5 Å². The largest absolute Gasteiger partial charge is 0.356 e. The number of hydrogen-bond acceptors (Lipinski definition) is 4. The van der Waals surface area contributed by atoms with E-state index in [1.54, 1.807) is 12.1 Å². The van der Waals surface area contributed by atoms with Gasteiger partial charge in [0.2, 0.25) is 5.91 Å². The molecule has 0 radical (unpaired) electrons. The number of halogens is 1. The number of anilines is 1. The van der Waals surface area contributed by atoms with Gasteiger partial charge in [-0.1, -0.05) is 24.6 Å². The quantitative estimate of drug-likeness (QED) is 0.550. The number of nitrogens with one attached hydrogen (secondary N) is 2. The van der Waals surface area contributed by atoms with Crippen LogP contribution in [-0.4, -0.2) is 85.5 Å².